The van der Waals surface area contributed by atoms with Crippen molar-refractivity contribution in [3.63, 3.8) is 0 Å². The highest BCUT2D eigenvalue weighted by molar-refractivity contribution is 5.94. The molecule has 41 heavy (non-hydrogen) atoms. The molecule has 1 aromatic carbocycles. The van der Waals surface area contributed by atoms with Crippen molar-refractivity contribution in [2.24, 2.45) is 0 Å². The molecule has 0 bridgehead atoms. The lowest BCUT2D eigenvalue weighted by Crippen LogP contribution is -2.47. The van der Waals surface area contributed by atoms with Crippen LogP contribution < -0.4 is 16.0 Å². The Kier molecular flexibility index (Phi) is 7.28. The van der Waals surface area contributed by atoms with Crippen LogP contribution in [-0.2, 0) is 6.54 Å². The van der Waals surface area contributed by atoms with Crippen molar-refractivity contribution >= 4 is 34.1 Å². The van der Waals surface area contributed by atoms with Crippen LogP contribution in [0.3, 0.4) is 0 Å². The number of nitrogens with two attached hydrogens (primary N) is 1. The van der Waals surface area contributed by atoms with Gasteiger partial charge in [-0.05, 0) is 43.4 Å². The first kappa shape index (κ1) is 26.7. The van der Waals surface area contributed by atoms with Crippen molar-refractivity contribution in [2.45, 2.75) is 6.54 Å². The Morgan fingerprint density at radius 1 is 1.17 bits per heavy atom. The molecule has 0 unspecified atom stereocenters. The largest absolute Gasteiger partial charge is 0.463 e. The molecule has 0 aliphatic carbocycles. The highest BCUT2D eigenvalue weighted by Crippen LogP contribution is 2.27. The van der Waals surface area contributed by atoms with Gasteiger partial charge in [-0.3, -0.25) is 9.69 Å². The van der Waals surface area contributed by atoms with Gasteiger partial charge in [0.1, 0.15) is 11.5 Å². The van der Waals surface area contributed by atoms with Crippen LogP contribution in [0.2, 0.25) is 0 Å². The summed E-state index contributed by atoms with van der Waals surface area (Å²) >= 11 is 0. The van der Waals surface area contributed by atoms with Crippen LogP contribution in [0.1, 0.15) is 10.4 Å². The predicted octanol–water partition coefficient (Wildman–Crippen LogP) is 2.17. The van der Waals surface area contributed by atoms with Gasteiger partial charge in [0.15, 0.2) is 11.4 Å². The van der Waals surface area contributed by atoms with Gasteiger partial charge in [-0.2, -0.15) is 19.7 Å². The summed E-state index contributed by atoms with van der Waals surface area (Å²) in [6.45, 7) is 5.56. The highest BCUT2D eigenvalue weighted by atomic mass is 19.1. The number of nitrogens with one attached hydrogen (secondary N) is 1. The number of likely N-dealkylation sites (N-methyl/N-ethyl adjacent to an activating group) is 2. The molecular weight excluding hydrogens is 527 g/mol. The minimum atomic E-state index is -0.376. The summed E-state index contributed by atoms with van der Waals surface area (Å²) in [5.74, 6) is 0.370. The second-order valence-corrected chi connectivity index (χ2v) is 10.2. The first-order valence-corrected chi connectivity index (χ1v) is 13.6. The monoisotopic (exact) mass is 560 g/mol. The maximum atomic E-state index is 15.0. The molecule has 3 N–H and O–H groups in total. The maximum absolute atomic E-state index is 15.0. The molecule has 0 spiro atoms. The number of halogens is 1. The van der Waals surface area contributed by atoms with Crippen LogP contribution in [0.5, 0.6) is 0 Å². The number of aromatic nitrogens is 5. The minimum absolute atomic E-state index is 0.190. The SMILES string of the molecule is CNCCN(C)C(=O)c1ccc(N2CCN(CCn3ncc4c3nc(N)n3nc(-c5ccco5)cc43)CC2)c(F)c1. The number of furan rings is 1. The molecule has 0 radical (unpaired) electrons. The Hall–Kier alpha value is -4.49. The molecule has 1 amide bonds. The second-order valence-electron chi connectivity index (χ2n) is 10.2. The standard InChI is InChI=1S/C28H33FN10O2/c1-31-7-8-35(2)27(40)19-5-6-23(21(29)16-19)37-12-9-36(10-13-37)11-14-38-26-20(18-32-38)24-17-22(25-4-3-15-41-25)34-39(24)28(30)33-26/h3-6,15-18,31H,7-14H2,1-2H3,(H2,30,33). The molecule has 0 saturated carbocycles. The van der Waals surface area contributed by atoms with Gasteiger partial charge in [0, 0.05) is 58.4 Å². The van der Waals surface area contributed by atoms with Crippen molar-refractivity contribution < 1.29 is 13.6 Å². The second kappa shape index (κ2) is 11.2. The number of carbonyl (C=O) groups excluding carboxylic acids is 1. The molecule has 6 rings (SSSR count). The van der Waals surface area contributed by atoms with Crippen LogP contribution in [0.25, 0.3) is 28.0 Å². The van der Waals surface area contributed by atoms with E-state index < -0.39 is 0 Å². The Morgan fingerprint density at radius 2 is 2.00 bits per heavy atom. The zero-order valence-corrected chi connectivity index (χ0v) is 23.1. The summed E-state index contributed by atoms with van der Waals surface area (Å²) < 4.78 is 24.0. The average molecular weight is 561 g/mol. The zero-order chi connectivity index (χ0) is 28.5. The molecule has 5 heterocycles. The maximum Gasteiger partial charge on any atom is 0.253 e. The third-order valence-electron chi connectivity index (χ3n) is 7.59. The lowest BCUT2D eigenvalue weighted by atomic mass is 10.1. The summed E-state index contributed by atoms with van der Waals surface area (Å²) in [4.78, 5) is 23.1. The fourth-order valence-electron chi connectivity index (χ4n) is 5.24. The molecule has 13 heteroatoms. The number of fused-ring (bicyclic) bond motifs is 3. The van der Waals surface area contributed by atoms with E-state index in [1.807, 2.05) is 34.8 Å². The molecule has 1 aliphatic rings. The average Bonchev–Trinajstić information content (AvgIpc) is 3.75. The number of nitrogens with zero attached hydrogens (tertiary/aromatic N) is 8. The molecule has 0 atom stereocenters. The Balaban J connectivity index is 1.08. The van der Waals surface area contributed by atoms with Gasteiger partial charge in [0.25, 0.3) is 5.91 Å². The van der Waals surface area contributed by atoms with E-state index in [2.05, 4.69) is 25.4 Å². The van der Waals surface area contributed by atoms with Crippen molar-refractivity contribution in [1.29, 1.82) is 0 Å². The summed E-state index contributed by atoms with van der Waals surface area (Å²) in [5, 5.41) is 13.0. The summed E-state index contributed by atoms with van der Waals surface area (Å²) in [5.41, 5.74) is 9.32. The van der Waals surface area contributed by atoms with Crippen LogP contribution >= 0.6 is 0 Å². The quantitative estimate of drug-likeness (QED) is 0.279. The molecule has 214 valence electrons. The predicted molar refractivity (Wildman–Crippen MR) is 154 cm³/mol. The van der Waals surface area contributed by atoms with Crippen LogP contribution in [0, 0.1) is 5.82 Å². The Labute approximate surface area is 236 Å². The first-order chi connectivity index (χ1) is 19.9. The van der Waals surface area contributed by atoms with Gasteiger partial charge in [0.05, 0.1) is 35.6 Å². The van der Waals surface area contributed by atoms with Crippen molar-refractivity contribution in [3.05, 3.63) is 60.2 Å². The third kappa shape index (κ3) is 5.21. The van der Waals surface area contributed by atoms with Crippen molar-refractivity contribution in [2.75, 3.05) is 70.5 Å². The van der Waals surface area contributed by atoms with E-state index in [0.29, 0.717) is 61.1 Å². The Bertz CT molecular complexity index is 1670. The van der Waals surface area contributed by atoms with Crippen LogP contribution in [-0.4, -0.2) is 100.0 Å². The van der Waals surface area contributed by atoms with Gasteiger partial charge in [-0.25, -0.2) is 9.07 Å². The molecule has 12 nitrogen and oxygen atoms in total. The molecule has 5 aromatic rings. The number of rotatable bonds is 9. The molecule has 1 fully saturated rings. The van der Waals surface area contributed by atoms with Crippen molar-refractivity contribution in [3.8, 4) is 11.5 Å². The number of hydrogen-bond acceptors (Lipinski definition) is 9. The normalized spacial score (nSPS) is 14.4. The van der Waals surface area contributed by atoms with Gasteiger partial charge < -0.3 is 25.3 Å². The first-order valence-electron chi connectivity index (χ1n) is 13.6. The summed E-state index contributed by atoms with van der Waals surface area (Å²) in [7, 11) is 3.55. The van der Waals surface area contributed by atoms with E-state index in [1.165, 1.54) is 6.07 Å². The van der Waals surface area contributed by atoms with Crippen LogP contribution in [0.15, 0.2) is 53.3 Å². The summed E-state index contributed by atoms with van der Waals surface area (Å²) in [6.07, 6.45) is 3.40. The number of benzene rings is 1. The smallest absolute Gasteiger partial charge is 0.253 e. The number of hydrogen-bond donors (Lipinski definition) is 2. The molecule has 1 saturated heterocycles. The summed E-state index contributed by atoms with van der Waals surface area (Å²) in [6, 6.07) is 10.4. The number of piperazine rings is 1. The van der Waals surface area contributed by atoms with Gasteiger partial charge in [-0.15, -0.1) is 0 Å². The van der Waals surface area contributed by atoms with Gasteiger partial charge in [-0.1, -0.05) is 0 Å². The van der Waals surface area contributed by atoms with E-state index >= 15 is 4.39 Å². The number of carbonyl (C=O) groups is 1. The van der Waals surface area contributed by atoms with Crippen LogP contribution in [0.4, 0.5) is 16.0 Å². The topological polar surface area (TPSA) is 126 Å². The fourth-order valence-corrected chi connectivity index (χ4v) is 5.24. The van der Waals surface area contributed by atoms with E-state index in [9.17, 15) is 4.79 Å². The lowest BCUT2D eigenvalue weighted by Gasteiger charge is -2.36. The number of anilines is 2. The number of amides is 1. The third-order valence-corrected chi connectivity index (χ3v) is 7.59. The minimum Gasteiger partial charge on any atom is -0.463 e. The van der Waals surface area contributed by atoms with E-state index in [4.69, 9.17) is 10.2 Å². The zero-order valence-electron chi connectivity index (χ0n) is 23.1. The fraction of sp³-hybridized carbons (Fsp3) is 0.357. The van der Waals surface area contributed by atoms with E-state index in [0.717, 1.165) is 30.5 Å². The Morgan fingerprint density at radius 3 is 2.73 bits per heavy atom. The molecule has 4 aromatic heterocycles. The van der Waals surface area contributed by atoms with E-state index in [-0.39, 0.29) is 17.7 Å². The number of nitrogen functional groups attached to an aromatic ring is 1. The van der Waals surface area contributed by atoms with Crippen molar-refractivity contribution in [1.82, 2.24) is 39.5 Å². The van der Waals surface area contributed by atoms with E-state index in [1.54, 1.807) is 41.1 Å². The molecule has 1 aliphatic heterocycles. The van der Waals surface area contributed by atoms with Gasteiger partial charge >= 0.3 is 0 Å². The molecular formula is C28H33FN10O2. The lowest BCUT2D eigenvalue weighted by molar-refractivity contribution is 0.0796. The van der Waals surface area contributed by atoms with Gasteiger partial charge in [0.2, 0.25) is 5.95 Å². The highest BCUT2D eigenvalue weighted by Gasteiger charge is 2.22.